The molecule has 0 atom stereocenters. The Balaban J connectivity index is 1.88. The average Bonchev–Trinajstić information content (AvgIpc) is 2.70. The van der Waals surface area contributed by atoms with Gasteiger partial charge in [0.15, 0.2) is 5.65 Å². The van der Waals surface area contributed by atoms with E-state index in [0.29, 0.717) is 0 Å². The van der Waals surface area contributed by atoms with Crippen LogP contribution in [-0.4, -0.2) is 33.8 Å². The predicted molar refractivity (Wildman–Crippen MR) is 62.3 cm³/mol. The quantitative estimate of drug-likeness (QED) is 0.848. The van der Waals surface area contributed by atoms with E-state index in [0.717, 1.165) is 29.3 Å². The smallest absolute Gasteiger partial charge is 0.160 e. The van der Waals surface area contributed by atoms with Crippen LogP contribution in [0.1, 0.15) is 19.3 Å². The molecule has 0 spiro atoms. The Kier molecular flexibility index (Phi) is 2.23. The topological polar surface area (TPSA) is 57.7 Å². The number of rotatable bonds is 3. The van der Waals surface area contributed by atoms with E-state index in [1.165, 1.54) is 19.3 Å². The minimum Gasteiger partial charge on any atom is -0.359 e. The number of hydrogen-bond acceptors (Lipinski definition) is 4. The third kappa shape index (κ3) is 1.52. The monoisotopic (exact) mass is 217 g/mol. The summed E-state index contributed by atoms with van der Waals surface area (Å²) in [6, 6.07) is 0. The van der Waals surface area contributed by atoms with Crippen LogP contribution in [0.3, 0.4) is 0 Å². The standard InChI is InChI=1S/C11H15N5/c1-16(6-8-3-2-4-8)11-9-5-14-15-10(9)12-7-13-11/h5,7-8H,2-4,6H2,1H3,(H,12,13,14,15). The molecule has 0 aliphatic heterocycles. The van der Waals surface area contributed by atoms with Crippen molar-refractivity contribution in [1.82, 2.24) is 20.2 Å². The van der Waals surface area contributed by atoms with Crippen LogP contribution < -0.4 is 4.90 Å². The van der Waals surface area contributed by atoms with Gasteiger partial charge in [-0.1, -0.05) is 6.42 Å². The normalized spacial score (nSPS) is 16.3. The van der Waals surface area contributed by atoms with Crippen molar-refractivity contribution >= 4 is 16.9 Å². The first-order valence-electron chi connectivity index (χ1n) is 5.70. The molecule has 2 aromatic heterocycles. The fraction of sp³-hybridized carbons (Fsp3) is 0.545. The highest BCUT2D eigenvalue weighted by Crippen LogP contribution is 2.29. The lowest BCUT2D eigenvalue weighted by atomic mass is 9.85. The number of anilines is 1. The van der Waals surface area contributed by atoms with Gasteiger partial charge >= 0.3 is 0 Å². The van der Waals surface area contributed by atoms with E-state index in [1.54, 1.807) is 12.5 Å². The van der Waals surface area contributed by atoms with E-state index in [-0.39, 0.29) is 0 Å². The van der Waals surface area contributed by atoms with Crippen LogP contribution in [0.4, 0.5) is 5.82 Å². The Labute approximate surface area is 93.9 Å². The summed E-state index contributed by atoms with van der Waals surface area (Å²) >= 11 is 0. The van der Waals surface area contributed by atoms with Gasteiger partial charge in [-0.15, -0.1) is 0 Å². The van der Waals surface area contributed by atoms with Crippen molar-refractivity contribution < 1.29 is 0 Å². The molecule has 1 aliphatic rings. The zero-order chi connectivity index (χ0) is 11.0. The van der Waals surface area contributed by atoms with E-state index in [4.69, 9.17) is 0 Å². The lowest BCUT2D eigenvalue weighted by Crippen LogP contribution is -2.29. The number of fused-ring (bicyclic) bond motifs is 1. The second-order valence-electron chi connectivity index (χ2n) is 4.51. The highest BCUT2D eigenvalue weighted by atomic mass is 15.2. The van der Waals surface area contributed by atoms with E-state index in [1.807, 2.05) is 0 Å². The van der Waals surface area contributed by atoms with Gasteiger partial charge in [0.2, 0.25) is 0 Å². The van der Waals surface area contributed by atoms with Gasteiger partial charge in [-0.3, -0.25) is 5.10 Å². The van der Waals surface area contributed by atoms with Crippen molar-refractivity contribution in [1.29, 1.82) is 0 Å². The molecule has 16 heavy (non-hydrogen) atoms. The SMILES string of the molecule is CN(CC1CCC1)c1ncnc2[nH]ncc12. The average molecular weight is 217 g/mol. The summed E-state index contributed by atoms with van der Waals surface area (Å²) in [4.78, 5) is 10.7. The fourth-order valence-corrected chi connectivity index (χ4v) is 2.21. The van der Waals surface area contributed by atoms with Gasteiger partial charge in [0.1, 0.15) is 12.1 Å². The number of nitrogens with one attached hydrogen (secondary N) is 1. The lowest BCUT2D eigenvalue weighted by molar-refractivity contribution is 0.321. The van der Waals surface area contributed by atoms with Crippen molar-refractivity contribution in [2.24, 2.45) is 5.92 Å². The maximum absolute atomic E-state index is 4.35. The van der Waals surface area contributed by atoms with Gasteiger partial charge in [-0.25, -0.2) is 9.97 Å². The summed E-state index contributed by atoms with van der Waals surface area (Å²) in [5.74, 6) is 1.81. The highest BCUT2D eigenvalue weighted by molar-refractivity contribution is 5.85. The summed E-state index contributed by atoms with van der Waals surface area (Å²) in [7, 11) is 2.09. The summed E-state index contributed by atoms with van der Waals surface area (Å²) in [6.45, 7) is 1.08. The largest absolute Gasteiger partial charge is 0.359 e. The number of hydrogen-bond donors (Lipinski definition) is 1. The van der Waals surface area contributed by atoms with Crippen molar-refractivity contribution in [3.05, 3.63) is 12.5 Å². The Morgan fingerprint density at radius 3 is 3.06 bits per heavy atom. The van der Waals surface area contributed by atoms with Crippen LogP contribution in [0.15, 0.2) is 12.5 Å². The predicted octanol–water partition coefficient (Wildman–Crippen LogP) is 1.59. The molecule has 3 rings (SSSR count). The molecule has 5 heteroatoms. The van der Waals surface area contributed by atoms with Gasteiger partial charge in [0.05, 0.1) is 11.6 Å². The lowest BCUT2D eigenvalue weighted by Gasteiger charge is -2.30. The number of aromatic amines is 1. The Hall–Kier alpha value is -1.65. The minimum absolute atomic E-state index is 0.811. The Morgan fingerprint density at radius 1 is 1.44 bits per heavy atom. The molecule has 0 aromatic carbocycles. The van der Waals surface area contributed by atoms with E-state index < -0.39 is 0 Å². The molecule has 1 N–H and O–H groups in total. The zero-order valence-corrected chi connectivity index (χ0v) is 9.35. The van der Waals surface area contributed by atoms with Crippen LogP contribution in [0.2, 0.25) is 0 Å². The summed E-state index contributed by atoms with van der Waals surface area (Å²) in [5.41, 5.74) is 0.811. The van der Waals surface area contributed by atoms with Gasteiger partial charge in [-0.2, -0.15) is 5.10 Å². The molecule has 1 saturated carbocycles. The molecule has 84 valence electrons. The van der Waals surface area contributed by atoms with Crippen LogP contribution in [-0.2, 0) is 0 Å². The maximum Gasteiger partial charge on any atom is 0.160 e. The molecule has 2 heterocycles. The summed E-state index contributed by atoms with van der Waals surface area (Å²) in [5, 5.41) is 7.88. The summed E-state index contributed by atoms with van der Waals surface area (Å²) in [6.07, 6.45) is 7.46. The molecular weight excluding hydrogens is 202 g/mol. The van der Waals surface area contributed by atoms with Crippen LogP contribution in [0, 0.1) is 5.92 Å². The van der Waals surface area contributed by atoms with Crippen LogP contribution >= 0.6 is 0 Å². The van der Waals surface area contributed by atoms with E-state index in [9.17, 15) is 0 Å². The molecule has 0 saturated heterocycles. The van der Waals surface area contributed by atoms with Crippen molar-refractivity contribution in [2.75, 3.05) is 18.5 Å². The first-order chi connectivity index (χ1) is 7.84. The van der Waals surface area contributed by atoms with E-state index in [2.05, 4.69) is 32.1 Å². The molecule has 0 amide bonds. The number of H-pyrrole nitrogens is 1. The maximum atomic E-state index is 4.35. The van der Waals surface area contributed by atoms with Crippen molar-refractivity contribution in [3.63, 3.8) is 0 Å². The van der Waals surface area contributed by atoms with Gasteiger partial charge < -0.3 is 4.90 Å². The third-order valence-corrected chi connectivity index (χ3v) is 3.35. The van der Waals surface area contributed by atoms with Crippen molar-refractivity contribution in [3.8, 4) is 0 Å². The molecule has 1 aliphatic carbocycles. The van der Waals surface area contributed by atoms with Gasteiger partial charge in [0.25, 0.3) is 0 Å². The molecule has 1 fully saturated rings. The molecule has 0 bridgehead atoms. The number of nitrogens with zero attached hydrogens (tertiary/aromatic N) is 4. The van der Waals surface area contributed by atoms with Gasteiger partial charge in [0, 0.05) is 13.6 Å². The van der Waals surface area contributed by atoms with E-state index >= 15 is 0 Å². The molecule has 0 unspecified atom stereocenters. The second kappa shape index (κ2) is 3.73. The first-order valence-corrected chi connectivity index (χ1v) is 5.70. The molecular formula is C11H15N5. The number of aromatic nitrogens is 4. The van der Waals surface area contributed by atoms with Crippen LogP contribution in [0.25, 0.3) is 11.0 Å². The van der Waals surface area contributed by atoms with Crippen LogP contribution in [0.5, 0.6) is 0 Å². The fourth-order valence-electron chi connectivity index (χ4n) is 2.21. The van der Waals surface area contributed by atoms with Gasteiger partial charge in [-0.05, 0) is 18.8 Å². The molecule has 5 nitrogen and oxygen atoms in total. The second-order valence-corrected chi connectivity index (χ2v) is 4.51. The molecule has 2 aromatic rings. The highest BCUT2D eigenvalue weighted by Gasteiger charge is 2.20. The Bertz CT molecular complexity index is 488. The van der Waals surface area contributed by atoms with Crippen molar-refractivity contribution in [2.45, 2.75) is 19.3 Å². The summed E-state index contributed by atoms with van der Waals surface area (Å²) < 4.78 is 0. The Morgan fingerprint density at radius 2 is 2.31 bits per heavy atom. The third-order valence-electron chi connectivity index (χ3n) is 3.35. The minimum atomic E-state index is 0.811. The zero-order valence-electron chi connectivity index (χ0n) is 9.35. The molecule has 0 radical (unpaired) electrons. The first kappa shape index (κ1) is 9.57.